The van der Waals surface area contributed by atoms with Crippen LogP contribution in [0.1, 0.15) is 22.4 Å². The molecule has 1 N–H and O–H groups in total. The first-order valence-electron chi connectivity index (χ1n) is 8.51. The van der Waals surface area contributed by atoms with Crippen LogP contribution in [0.25, 0.3) is 0 Å². The van der Waals surface area contributed by atoms with E-state index in [9.17, 15) is 14.4 Å². The van der Waals surface area contributed by atoms with Crippen molar-refractivity contribution in [3.05, 3.63) is 57.8 Å². The minimum absolute atomic E-state index is 0.233. The second kappa shape index (κ2) is 6.57. The standard InChI is InChI=1S/C19H18N2O4S/c22-16(25-10-8-14-5-3-11-26-14)12-21-17(23)19(20-18(21)24)9-7-13-4-1-2-6-15(13)19/h1-6,11H,7-10,12H2,(H,20,24)/t19-/m1/s1. The molecule has 26 heavy (non-hydrogen) atoms. The normalized spacial score (nSPS) is 21.2. The number of fused-ring (bicyclic) bond motifs is 2. The molecule has 134 valence electrons. The van der Waals surface area contributed by atoms with E-state index in [-0.39, 0.29) is 19.1 Å². The summed E-state index contributed by atoms with van der Waals surface area (Å²) in [7, 11) is 0. The predicted octanol–water partition coefficient (Wildman–Crippen LogP) is 2.23. The molecule has 1 saturated heterocycles. The molecule has 3 amide bonds. The number of hydrogen-bond acceptors (Lipinski definition) is 5. The average Bonchev–Trinajstić information content (AvgIpc) is 3.33. The summed E-state index contributed by atoms with van der Waals surface area (Å²) in [5.74, 6) is -0.948. The van der Waals surface area contributed by atoms with Crippen molar-refractivity contribution < 1.29 is 19.1 Å². The smallest absolute Gasteiger partial charge is 0.326 e. The van der Waals surface area contributed by atoms with Crippen LogP contribution in [0.2, 0.25) is 0 Å². The number of carbonyl (C=O) groups is 3. The second-order valence-electron chi connectivity index (χ2n) is 6.43. The fraction of sp³-hybridized carbons (Fsp3) is 0.316. The number of nitrogens with one attached hydrogen (secondary N) is 1. The van der Waals surface area contributed by atoms with Gasteiger partial charge in [0.25, 0.3) is 5.91 Å². The number of esters is 1. The van der Waals surface area contributed by atoms with Crippen LogP contribution in [0, 0.1) is 0 Å². The van der Waals surface area contributed by atoms with Crippen molar-refractivity contribution in [3.63, 3.8) is 0 Å². The molecule has 0 unspecified atom stereocenters. The molecule has 1 aromatic carbocycles. The zero-order chi connectivity index (χ0) is 18.1. The zero-order valence-electron chi connectivity index (χ0n) is 14.1. The van der Waals surface area contributed by atoms with Gasteiger partial charge in [-0.15, -0.1) is 11.3 Å². The third kappa shape index (κ3) is 2.78. The summed E-state index contributed by atoms with van der Waals surface area (Å²) in [4.78, 5) is 39.4. The molecule has 2 heterocycles. The Morgan fingerprint density at radius 3 is 2.88 bits per heavy atom. The molecule has 2 aromatic rings. The first kappa shape index (κ1) is 16.8. The number of ether oxygens (including phenoxy) is 1. The van der Waals surface area contributed by atoms with Crippen LogP contribution in [0.3, 0.4) is 0 Å². The molecule has 0 saturated carbocycles. The maximum atomic E-state index is 12.9. The van der Waals surface area contributed by atoms with Crippen LogP contribution in [-0.2, 0) is 32.7 Å². The fourth-order valence-electron chi connectivity index (χ4n) is 3.63. The Balaban J connectivity index is 1.41. The number of nitrogens with zero attached hydrogens (tertiary/aromatic N) is 1. The predicted molar refractivity (Wildman–Crippen MR) is 95.7 cm³/mol. The van der Waals surface area contributed by atoms with Gasteiger partial charge in [0, 0.05) is 11.3 Å². The van der Waals surface area contributed by atoms with Crippen LogP contribution >= 0.6 is 11.3 Å². The topological polar surface area (TPSA) is 75.7 Å². The highest BCUT2D eigenvalue weighted by molar-refractivity contribution is 7.09. The van der Waals surface area contributed by atoms with E-state index in [0.29, 0.717) is 12.8 Å². The number of hydrogen-bond donors (Lipinski definition) is 1. The average molecular weight is 370 g/mol. The Labute approximate surface area is 154 Å². The van der Waals surface area contributed by atoms with Gasteiger partial charge in [-0.1, -0.05) is 30.3 Å². The lowest BCUT2D eigenvalue weighted by Gasteiger charge is -2.22. The van der Waals surface area contributed by atoms with E-state index in [4.69, 9.17) is 4.74 Å². The van der Waals surface area contributed by atoms with E-state index in [1.54, 1.807) is 11.3 Å². The Morgan fingerprint density at radius 2 is 2.08 bits per heavy atom. The van der Waals surface area contributed by atoms with Gasteiger partial charge in [-0.3, -0.25) is 14.5 Å². The first-order chi connectivity index (χ1) is 12.6. The van der Waals surface area contributed by atoms with Gasteiger partial charge in [0.2, 0.25) is 0 Å². The second-order valence-corrected chi connectivity index (χ2v) is 7.47. The van der Waals surface area contributed by atoms with Crippen molar-refractivity contribution in [2.24, 2.45) is 0 Å². The van der Waals surface area contributed by atoms with Gasteiger partial charge in [0.1, 0.15) is 12.1 Å². The Morgan fingerprint density at radius 1 is 1.23 bits per heavy atom. The largest absolute Gasteiger partial charge is 0.464 e. The molecule has 4 rings (SSSR count). The SMILES string of the molecule is O=C(CN1C(=O)N[C@@]2(CCc3ccccc32)C1=O)OCCc1cccs1. The monoisotopic (exact) mass is 370 g/mol. The summed E-state index contributed by atoms with van der Waals surface area (Å²) in [6, 6.07) is 11.0. The van der Waals surface area contributed by atoms with Gasteiger partial charge in [0.15, 0.2) is 0 Å². The lowest BCUT2D eigenvalue weighted by atomic mass is 9.92. The summed E-state index contributed by atoms with van der Waals surface area (Å²) in [5.41, 5.74) is 0.846. The molecule has 6 nitrogen and oxygen atoms in total. The summed E-state index contributed by atoms with van der Waals surface area (Å²) >= 11 is 1.59. The van der Waals surface area contributed by atoms with E-state index in [0.717, 1.165) is 27.3 Å². The van der Waals surface area contributed by atoms with E-state index >= 15 is 0 Å². The molecule has 0 bridgehead atoms. The van der Waals surface area contributed by atoms with Gasteiger partial charge < -0.3 is 10.1 Å². The van der Waals surface area contributed by atoms with Gasteiger partial charge in [-0.25, -0.2) is 4.79 Å². The van der Waals surface area contributed by atoms with E-state index in [1.807, 2.05) is 41.8 Å². The highest BCUT2D eigenvalue weighted by atomic mass is 32.1. The minimum atomic E-state index is -1.04. The molecule has 1 atom stereocenters. The molecule has 1 aliphatic carbocycles. The number of aryl methyl sites for hydroxylation is 1. The molecular weight excluding hydrogens is 352 g/mol. The maximum absolute atomic E-state index is 12.9. The van der Waals surface area contributed by atoms with Crippen LogP contribution in [0.15, 0.2) is 41.8 Å². The maximum Gasteiger partial charge on any atom is 0.326 e. The summed E-state index contributed by atoms with van der Waals surface area (Å²) in [6.45, 7) is -0.129. The Bertz CT molecular complexity index is 864. The van der Waals surface area contributed by atoms with E-state index < -0.39 is 17.5 Å². The Hall–Kier alpha value is -2.67. The summed E-state index contributed by atoms with van der Waals surface area (Å²) < 4.78 is 5.19. The van der Waals surface area contributed by atoms with Crippen LogP contribution in [0.5, 0.6) is 0 Å². The third-order valence-electron chi connectivity index (χ3n) is 4.90. The lowest BCUT2D eigenvalue weighted by Crippen LogP contribution is -2.42. The van der Waals surface area contributed by atoms with Crippen LogP contribution in [0.4, 0.5) is 4.79 Å². The van der Waals surface area contributed by atoms with Gasteiger partial charge in [-0.2, -0.15) is 0 Å². The molecule has 7 heteroatoms. The van der Waals surface area contributed by atoms with Crippen LogP contribution < -0.4 is 5.32 Å². The summed E-state index contributed by atoms with van der Waals surface area (Å²) in [6.07, 6.45) is 1.86. The fourth-order valence-corrected chi connectivity index (χ4v) is 4.32. The van der Waals surface area contributed by atoms with Crippen molar-refractivity contribution in [2.75, 3.05) is 13.2 Å². The molecular formula is C19H18N2O4S. The molecule has 0 radical (unpaired) electrons. The summed E-state index contributed by atoms with van der Waals surface area (Å²) in [5, 5.41) is 4.76. The van der Waals surface area contributed by atoms with Gasteiger partial charge >= 0.3 is 12.0 Å². The minimum Gasteiger partial charge on any atom is -0.464 e. The van der Waals surface area contributed by atoms with Crippen molar-refractivity contribution in [1.29, 1.82) is 0 Å². The zero-order valence-corrected chi connectivity index (χ0v) is 14.9. The number of rotatable bonds is 5. The molecule has 2 aliphatic rings. The number of imide groups is 1. The molecule has 1 aliphatic heterocycles. The lowest BCUT2D eigenvalue weighted by molar-refractivity contribution is -0.147. The number of carbonyl (C=O) groups excluding carboxylic acids is 3. The van der Waals surface area contributed by atoms with Gasteiger partial charge in [-0.05, 0) is 35.4 Å². The van der Waals surface area contributed by atoms with E-state index in [1.165, 1.54) is 0 Å². The third-order valence-corrected chi connectivity index (χ3v) is 5.84. The first-order valence-corrected chi connectivity index (χ1v) is 9.38. The number of thiophene rings is 1. The number of benzene rings is 1. The van der Waals surface area contributed by atoms with Crippen molar-refractivity contribution in [1.82, 2.24) is 10.2 Å². The molecule has 1 aromatic heterocycles. The quantitative estimate of drug-likeness (QED) is 0.647. The molecule has 1 spiro atoms. The van der Waals surface area contributed by atoms with Crippen molar-refractivity contribution >= 4 is 29.2 Å². The van der Waals surface area contributed by atoms with E-state index in [2.05, 4.69) is 5.32 Å². The highest BCUT2D eigenvalue weighted by Gasteiger charge is 2.55. The highest BCUT2D eigenvalue weighted by Crippen LogP contribution is 2.41. The van der Waals surface area contributed by atoms with Gasteiger partial charge in [0.05, 0.1) is 6.61 Å². The van der Waals surface area contributed by atoms with Crippen LogP contribution in [-0.4, -0.2) is 36.0 Å². The number of amides is 3. The number of urea groups is 1. The van der Waals surface area contributed by atoms with Crippen molar-refractivity contribution in [2.45, 2.75) is 24.8 Å². The molecule has 1 fully saturated rings. The van der Waals surface area contributed by atoms with Crippen molar-refractivity contribution in [3.8, 4) is 0 Å². The Kier molecular flexibility index (Phi) is 4.24.